The molecule has 0 aliphatic carbocycles. The predicted molar refractivity (Wildman–Crippen MR) is 91.5 cm³/mol. The van der Waals surface area contributed by atoms with Crippen molar-refractivity contribution < 1.29 is 23.5 Å². The van der Waals surface area contributed by atoms with E-state index in [1.807, 2.05) is 0 Å². The monoisotopic (exact) mass is 366 g/mol. The number of rotatable bonds is 3. The van der Waals surface area contributed by atoms with E-state index in [0.29, 0.717) is 43.7 Å². The van der Waals surface area contributed by atoms with Crippen molar-refractivity contribution in [2.24, 2.45) is 5.41 Å². The van der Waals surface area contributed by atoms with Crippen LogP contribution in [0.1, 0.15) is 37.3 Å². The van der Waals surface area contributed by atoms with Crippen LogP contribution in [0.5, 0.6) is 0 Å². The highest BCUT2D eigenvalue weighted by Gasteiger charge is 2.49. The Bertz CT molecular complexity index is 706. The Hall–Kier alpha value is -2.02. The maximum absolute atomic E-state index is 14.1. The van der Waals surface area contributed by atoms with Crippen LogP contribution in [-0.2, 0) is 16.1 Å². The first-order valence-electron chi connectivity index (χ1n) is 8.88. The summed E-state index contributed by atoms with van der Waals surface area (Å²) < 4.78 is 27.8. The molecule has 1 spiro atoms. The summed E-state index contributed by atoms with van der Waals surface area (Å²) in [6.07, 6.45) is 1.95. The number of amides is 1. The Kier molecular flexibility index (Phi) is 5.01. The molecule has 1 amide bonds. The minimum Gasteiger partial charge on any atom is -0.480 e. The smallest absolute Gasteiger partial charge is 0.326 e. The van der Waals surface area contributed by atoms with Gasteiger partial charge in [-0.3, -0.25) is 9.69 Å². The SMILES string of the molecule is CC(=O)N1CC2(CCN(Cc3ccc(C)c(F)c3F)CC2)C[C@@H]1C(=O)O. The Morgan fingerprint density at radius 2 is 1.88 bits per heavy atom. The molecule has 7 heteroatoms. The van der Waals surface area contributed by atoms with Crippen LogP contribution in [0.3, 0.4) is 0 Å². The number of aryl methyl sites for hydroxylation is 1. The van der Waals surface area contributed by atoms with Crippen LogP contribution in [0, 0.1) is 24.0 Å². The van der Waals surface area contributed by atoms with Gasteiger partial charge in [-0.05, 0) is 50.3 Å². The highest BCUT2D eigenvalue weighted by Crippen LogP contribution is 2.43. The molecule has 1 N–H and O–H groups in total. The standard InChI is InChI=1S/C19H24F2N2O3/c1-12-3-4-14(17(21)16(12)20)10-22-7-5-19(6-8-22)9-15(18(25)26)23(11-19)13(2)24/h3-4,15H,5-11H2,1-2H3,(H,25,26)/t15-/m1/s1. The quantitative estimate of drug-likeness (QED) is 0.893. The maximum Gasteiger partial charge on any atom is 0.326 e. The number of carboxylic acid groups (broad SMARTS) is 1. The van der Waals surface area contributed by atoms with E-state index in [9.17, 15) is 23.5 Å². The van der Waals surface area contributed by atoms with Gasteiger partial charge in [0.25, 0.3) is 0 Å². The van der Waals surface area contributed by atoms with Crippen molar-refractivity contribution in [2.45, 2.75) is 45.7 Å². The molecule has 1 aromatic rings. The van der Waals surface area contributed by atoms with Gasteiger partial charge in [0, 0.05) is 25.6 Å². The second-order valence-corrected chi connectivity index (χ2v) is 7.65. The molecule has 142 valence electrons. The predicted octanol–water partition coefficient (Wildman–Crippen LogP) is 2.56. The fraction of sp³-hybridized carbons (Fsp3) is 0.579. The zero-order chi connectivity index (χ0) is 19.1. The Morgan fingerprint density at radius 1 is 1.23 bits per heavy atom. The fourth-order valence-corrected chi connectivity index (χ4v) is 4.20. The van der Waals surface area contributed by atoms with Crippen molar-refractivity contribution in [3.05, 3.63) is 34.9 Å². The molecule has 0 aromatic heterocycles. The fourth-order valence-electron chi connectivity index (χ4n) is 4.20. The number of piperidine rings is 1. The second-order valence-electron chi connectivity index (χ2n) is 7.65. The third-order valence-electron chi connectivity index (χ3n) is 5.86. The lowest BCUT2D eigenvalue weighted by Gasteiger charge is -2.39. The summed E-state index contributed by atoms with van der Waals surface area (Å²) in [5.41, 5.74) is 0.436. The number of nitrogens with zero attached hydrogens (tertiary/aromatic N) is 2. The number of carboxylic acids is 1. The molecule has 2 heterocycles. The van der Waals surface area contributed by atoms with Crippen LogP contribution in [0.2, 0.25) is 0 Å². The molecule has 2 aliphatic heterocycles. The van der Waals surface area contributed by atoms with Crippen LogP contribution in [-0.4, -0.2) is 52.5 Å². The molecule has 0 saturated carbocycles. The molecule has 1 atom stereocenters. The lowest BCUT2D eigenvalue weighted by atomic mass is 9.76. The van der Waals surface area contributed by atoms with Crippen LogP contribution < -0.4 is 0 Å². The van der Waals surface area contributed by atoms with E-state index in [1.165, 1.54) is 18.7 Å². The highest BCUT2D eigenvalue weighted by molar-refractivity contribution is 5.83. The minimum absolute atomic E-state index is 0.192. The van der Waals surface area contributed by atoms with Crippen LogP contribution in [0.25, 0.3) is 0 Å². The van der Waals surface area contributed by atoms with Crippen LogP contribution in [0.15, 0.2) is 12.1 Å². The first-order valence-corrected chi connectivity index (χ1v) is 8.88. The van der Waals surface area contributed by atoms with Crippen molar-refractivity contribution in [3.63, 3.8) is 0 Å². The summed E-state index contributed by atoms with van der Waals surface area (Å²) in [6, 6.07) is 2.44. The first-order chi connectivity index (χ1) is 12.2. The zero-order valence-corrected chi connectivity index (χ0v) is 15.1. The molecular formula is C19H24F2N2O3. The van der Waals surface area contributed by atoms with Gasteiger partial charge in [0.05, 0.1) is 0 Å². The summed E-state index contributed by atoms with van der Waals surface area (Å²) in [6.45, 7) is 5.07. The average molecular weight is 366 g/mol. The average Bonchev–Trinajstić information content (AvgIpc) is 2.98. The number of likely N-dealkylation sites (tertiary alicyclic amines) is 2. The van der Waals surface area contributed by atoms with Gasteiger partial charge in [0.1, 0.15) is 6.04 Å². The molecule has 2 saturated heterocycles. The molecule has 5 nitrogen and oxygen atoms in total. The molecule has 0 radical (unpaired) electrons. The summed E-state index contributed by atoms with van der Waals surface area (Å²) >= 11 is 0. The van der Waals surface area contributed by atoms with E-state index >= 15 is 0 Å². The Morgan fingerprint density at radius 3 is 2.42 bits per heavy atom. The van der Waals surface area contributed by atoms with Gasteiger partial charge >= 0.3 is 5.97 Å². The van der Waals surface area contributed by atoms with E-state index in [0.717, 1.165) is 12.8 Å². The summed E-state index contributed by atoms with van der Waals surface area (Å²) in [7, 11) is 0. The second kappa shape index (κ2) is 6.95. The van der Waals surface area contributed by atoms with E-state index in [4.69, 9.17) is 0 Å². The molecule has 26 heavy (non-hydrogen) atoms. The number of carbonyl (C=O) groups excluding carboxylic acids is 1. The topological polar surface area (TPSA) is 60.9 Å². The highest BCUT2D eigenvalue weighted by atomic mass is 19.2. The van der Waals surface area contributed by atoms with Crippen molar-refractivity contribution in [3.8, 4) is 0 Å². The van der Waals surface area contributed by atoms with Crippen molar-refractivity contribution >= 4 is 11.9 Å². The molecule has 3 rings (SSSR count). The zero-order valence-electron chi connectivity index (χ0n) is 15.1. The van der Waals surface area contributed by atoms with Gasteiger partial charge in [-0.2, -0.15) is 0 Å². The number of aliphatic carboxylic acids is 1. The van der Waals surface area contributed by atoms with Gasteiger partial charge in [0.15, 0.2) is 11.6 Å². The minimum atomic E-state index is -0.961. The number of carbonyl (C=O) groups is 2. The lowest BCUT2D eigenvalue weighted by Crippen LogP contribution is -2.42. The van der Waals surface area contributed by atoms with Gasteiger partial charge in [0.2, 0.25) is 5.91 Å². The van der Waals surface area contributed by atoms with Gasteiger partial charge < -0.3 is 10.0 Å². The Labute approximate surface area is 151 Å². The number of hydrogen-bond acceptors (Lipinski definition) is 3. The summed E-state index contributed by atoms with van der Waals surface area (Å²) in [5, 5.41) is 9.39. The van der Waals surface area contributed by atoms with Gasteiger partial charge in [-0.1, -0.05) is 12.1 Å². The largest absolute Gasteiger partial charge is 0.480 e. The van der Waals surface area contributed by atoms with Gasteiger partial charge in [-0.15, -0.1) is 0 Å². The van der Waals surface area contributed by atoms with Crippen molar-refractivity contribution in [1.82, 2.24) is 9.80 Å². The molecule has 1 aromatic carbocycles. The third-order valence-corrected chi connectivity index (χ3v) is 5.86. The number of halogens is 2. The summed E-state index contributed by atoms with van der Waals surface area (Å²) in [5.74, 6) is -2.77. The van der Waals surface area contributed by atoms with Gasteiger partial charge in [-0.25, -0.2) is 13.6 Å². The molecule has 0 bridgehead atoms. The normalized spacial score (nSPS) is 22.8. The van der Waals surface area contributed by atoms with E-state index in [-0.39, 0.29) is 11.3 Å². The maximum atomic E-state index is 14.1. The number of hydrogen-bond donors (Lipinski definition) is 1. The van der Waals surface area contributed by atoms with E-state index < -0.39 is 23.6 Å². The van der Waals surface area contributed by atoms with Crippen molar-refractivity contribution in [2.75, 3.05) is 19.6 Å². The van der Waals surface area contributed by atoms with Crippen LogP contribution >= 0.6 is 0 Å². The molecular weight excluding hydrogens is 342 g/mol. The molecule has 2 fully saturated rings. The van der Waals surface area contributed by atoms with E-state index in [2.05, 4.69) is 4.90 Å². The third kappa shape index (κ3) is 3.45. The molecule has 2 aliphatic rings. The first kappa shape index (κ1) is 18.8. The van der Waals surface area contributed by atoms with E-state index in [1.54, 1.807) is 12.1 Å². The number of benzene rings is 1. The summed E-state index contributed by atoms with van der Waals surface area (Å²) in [4.78, 5) is 26.7. The van der Waals surface area contributed by atoms with Crippen molar-refractivity contribution in [1.29, 1.82) is 0 Å². The lowest BCUT2D eigenvalue weighted by molar-refractivity contribution is -0.147. The van der Waals surface area contributed by atoms with Crippen LogP contribution in [0.4, 0.5) is 8.78 Å². The molecule has 0 unspecified atom stereocenters. The Balaban J connectivity index is 1.65.